The van der Waals surface area contributed by atoms with Gasteiger partial charge in [-0.2, -0.15) is 0 Å². The highest BCUT2D eigenvalue weighted by Gasteiger charge is 2.17. The van der Waals surface area contributed by atoms with E-state index in [1.165, 1.54) is 25.8 Å². The average molecular weight is 277 g/mol. The van der Waals surface area contributed by atoms with Crippen LogP contribution in [0.3, 0.4) is 0 Å². The molecule has 1 atom stereocenters. The number of rotatable bonds is 6. The Morgan fingerprint density at radius 3 is 3.15 bits per heavy atom. The van der Waals surface area contributed by atoms with E-state index < -0.39 is 5.97 Å². The number of likely N-dealkylation sites (tertiary alicyclic amines) is 1. The van der Waals surface area contributed by atoms with Gasteiger partial charge in [0.15, 0.2) is 0 Å². The van der Waals surface area contributed by atoms with Crippen LogP contribution < -0.4 is 5.32 Å². The van der Waals surface area contributed by atoms with Crippen LogP contribution in [-0.4, -0.2) is 46.6 Å². The van der Waals surface area contributed by atoms with Crippen molar-refractivity contribution < 1.29 is 9.90 Å². The van der Waals surface area contributed by atoms with Gasteiger partial charge < -0.3 is 15.3 Å². The van der Waals surface area contributed by atoms with Crippen LogP contribution in [0.1, 0.15) is 43.0 Å². The van der Waals surface area contributed by atoms with Crippen LogP contribution in [0.4, 0.5) is 5.82 Å². The van der Waals surface area contributed by atoms with Gasteiger partial charge in [-0.1, -0.05) is 6.42 Å². The Balaban J connectivity index is 1.77. The van der Waals surface area contributed by atoms with Gasteiger partial charge >= 0.3 is 5.97 Å². The van der Waals surface area contributed by atoms with E-state index in [1.807, 2.05) is 0 Å². The fourth-order valence-corrected chi connectivity index (χ4v) is 2.70. The standard InChI is InChI=1S/C15H23N3O2/c1-12-6-2-3-10-18(12)11-5-9-17-14-13(15(19)20)7-4-8-16-14/h4,7-8,12H,2-3,5-6,9-11H2,1H3,(H,16,17)(H,19,20). The Hall–Kier alpha value is -1.62. The van der Waals surface area contributed by atoms with Crippen LogP contribution in [0.15, 0.2) is 18.3 Å². The maximum absolute atomic E-state index is 11.1. The highest BCUT2D eigenvalue weighted by Crippen LogP contribution is 2.16. The van der Waals surface area contributed by atoms with Crippen LogP contribution in [0, 0.1) is 0 Å². The minimum absolute atomic E-state index is 0.235. The van der Waals surface area contributed by atoms with Crippen LogP contribution in [-0.2, 0) is 0 Å². The predicted molar refractivity (Wildman–Crippen MR) is 79.2 cm³/mol. The van der Waals surface area contributed by atoms with Gasteiger partial charge in [0.05, 0.1) is 0 Å². The summed E-state index contributed by atoms with van der Waals surface area (Å²) in [6.07, 6.45) is 6.53. The lowest BCUT2D eigenvalue weighted by molar-refractivity contribution is 0.0697. The lowest BCUT2D eigenvalue weighted by Gasteiger charge is -2.33. The predicted octanol–water partition coefficient (Wildman–Crippen LogP) is 2.46. The van der Waals surface area contributed by atoms with E-state index in [9.17, 15) is 4.79 Å². The number of hydrogen-bond donors (Lipinski definition) is 2. The van der Waals surface area contributed by atoms with Crippen molar-refractivity contribution in [2.75, 3.05) is 25.0 Å². The normalized spacial score (nSPS) is 19.8. The molecule has 1 aromatic heterocycles. The van der Waals surface area contributed by atoms with Gasteiger partial charge in [-0.25, -0.2) is 9.78 Å². The van der Waals surface area contributed by atoms with Crippen LogP contribution >= 0.6 is 0 Å². The minimum Gasteiger partial charge on any atom is -0.478 e. The molecule has 1 unspecified atom stereocenters. The van der Waals surface area contributed by atoms with Crippen molar-refractivity contribution in [3.05, 3.63) is 23.9 Å². The van der Waals surface area contributed by atoms with Gasteiger partial charge in [0.2, 0.25) is 0 Å². The topological polar surface area (TPSA) is 65.5 Å². The van der Waals surface area contributed by atoms with Crippen LogP contribution in [0.5, 0.6) is 0 Å². The molecule has 0 radical (unpaired) electrons. The molecule has 1 saturated heterocycles. The summed E-state index contributed by atoms with van der Waals surface area (Å²) in [6, 6.07) is 3.89. The summed E-state index contributed by atoms with van der Waals surface area (Å²) >= 11 is 0. The summed E-state index contributed by atoms with van der Waals surface area (Å²) < 4.78 is 0. The third-order valence-electron chi connectivity index (χ3n) is 3.89. The summed E-state index contributed by atoms with van der Waals surface area (Å²) in [7, 11) is 0. The Bertz CT molecular complexity index is 450. The number of piperidine rings is 1. The molecule has 20 heavy (non-hydrogen) atoms. The summed E-state index contributed by atoms with van der Waals surface area (Å²) in [5.74, 6) is -0.475. The Morgan fingerprint density at radius 2 is 2.40 bits per heavy atom. The first-order chi connectivity index (χ1) is 9.68. The highest BCUT2D eigenvalue weighted by atomic mass is 16.4. The molecular formula is C15H23N3O2. The highest BCUT2D eigenvalue weighted by molar-refractivity contribution is 5.92. The number of carboxylic acids is 1. The van der Waals surface area contributed by atoms with Gasteiger partial charge in [0.1, 0.15) is 11.4 Å². The van der Waals surface area contributed by atoms with Crippen molar-refractivity contribution in [1.82, 2.24) is 9.88 Å². The molecule has 2 N–H and O–H groups in total. The molecule has 5 nitrogen and oxygen atoms in total. The number of nitrogens with zero attached hydrogens (tertiary/aromatic N) is 2. The van der Waals surface area contributed by atoms with E-state index in [0.29, 0.717) is 11.9 Å². The van der Waals surface area contributed by atoms with E-state index in [-0.39, 0.29) is 5.56 Å². The number of aromatic carboxylic acids is 1. The van der Waals surface area contributed by atoms with E-state index >= 15 is 0 Å². The second kappa shape index (κ2) is 7.24. The monoisotopic (exact) mass is 277 g/mol. The Labute approximate surface area is 120 Å². The zero-order valence-electron chi connectivity index (χ0n) is 12.0. The summed E-state index contributed by atoms with van der Waals surface area (Å²) in [5, 5.41) is 12.2. The molecule has 0 aliphatic carbocycles. The number of nitrogens with one attached hydrogen (secondary N) is 1. The second-order valence-electron chi connectivity index (χ2n) is 5.37. The average Bonchev–Trinajstić information content (AvgIpc) is 2.45. The van der Waals surface area contributed by atoms with Crippen molar-refractivity contribution in [3.63, 3.8) is 0 Å². The zero-order chi connectivity index (χ0) is 14.4. The van der Waals surface area contributed by atoms with E-state index in [2.05, 4.69) is 22.1 Å². The fourth-order valence-electron chi connectivity index (χ4n) is 2.70. The molecule has 0 saturated carbocycles. The first-order valence-electron chi connectivity index (χ1n) is 7.34. The third kappa shape index (κ3) is 3.93. The molecule has 1 aromatic rings. The molecule has 110 valence electrons. The van der Waals surface area contributed by atoms with Crippen LogP contribution in [0.25, 0.3) is 0 Å². The number of anilines is 1. The molecular weight excluding hydrogens is 254 g/mol. The van der Waals surface area contributed by atoms with Crippen molar-refractivity contribution in [2.24, 2.45) is 0 Å². The molecule has 0 aromatic carbocycles. The van der Waals surface area contributed by atoms with Gasteiger partial charge in [-0.15, -0.1) is 0 Å². The van der Waals surface area contributed by atoms with Crippen molar-refractivity contribution >= 4 is 11.8 Å². The van der Waals surface area contributed by atoms with Gasteiger partial charge in [-0.3, -0.25) is 0 Å². The largest absolute Gasteiger partial charge is 0.478 e. The Kier molecular flexibility index (Phi) is 5.35. The fraction of sp³-hybridized carbons (Fsp3) is 0.600. The second-order valence-corrected chi connectivity index (χ2v) is 5.37. The Morgan fingerprint density at radius 1 is 1.55 bits per heavy atom. The molecule has 0 bridgehead atoms. The van der Waals surface area contributed by atoms with Gasteiger partial charge in [0, 0.05) is 25.3 Å². The molecule has 1 aliphatic heterocycles. The number of carboxylic acid groups (broad SMARTS) is 1. The molecule has 2 rings (SSSR count). The molecule has 5 heteroatoms. The van der Waals surface area contributed by atoms with E-state index in [4.69, 9.17) is 5.11 Å². The third-order valence-corrected chi connectivity index (χ3v) is 3.89. The number of hydrogen-bond acceptors (Lipinski definition) is 4. The van der Waals surface area contributed by atoms with E-state index in [1.54, 1.807) is 18.3 Å². The van der Waals surface area contributed by atoms with Crippen LogP contribution in [0.2, 0.25) is 0 Å². The number of aromatic nitrogens is 1. The molecule has 1 aliphatic rings. The van der Waals surface area contributed by atoms with Gasteiger partial charge in [-0.05, 0) is 44.9 Å². The first-order valence-corrected chi connectivity index (χ1v) is 7.34. The van der Waals surface area contributed by atoms with Crippen molar-refractivity contribution in [3.8, 4) is 0 Å². The summed E-state index contributed by atoms with van der Waals surface area (Å²) in [6.45, 7) is 5.28. The lowest BCUT2D eigenvalue weighted by Crippen LogP contribution is -2.38. The van der Waals surface area contributed by atoms with Gasteiger partial charge in [0.25, 0.3) is 0 Å². The summed E-state index contributed by atoms with van der Waals surface area (Å²) in [5.41, 5.74) is 0.235. The molecule has 0 amide bonds. The molecule has 2 heterocycles. The SMILES string of the molecule is CC1CCCCN1CCCNc1ncccc1C(=O)O. The maximum Gasteiger partial charge on any atom is 0.339 e. The van der Waals surface area contributed by atoms with Crippen molar-refractivity contribution in [2.45, 2.75) is 38.6 Å². The molecule has 0 spiro atoms. The minimum atomic E-state index is -0.940. The quantitative estimate of drug-likeness (QED) is 0.782. The number of pyridine rings is 1. The lowest BCUT2D eigenvalue weighted by atomic mass is 10.0. The zero-order valence-corrected chi connectivity index (χ0v) is 12.0. The van der Waals surface area contributed by atoms with Crippen molar-refractivity contribution in [1.29, 1.82) is 0 Å². The van der Waals surface area contributed by atoms with E-state index in [0.717, 1.165) is 19.5 Å². The maximum atomic E-state index is 11.1. The number of carbonyl (C=O) groups is 1. The summed E-state index contributed by atoms with van der Waals surface area (Å²) in [4.78, 5) is 17.7. The smallest absolute Gasteiger partial charge is 0.339 e. The first kappa shape index (κ1) is 14.8. The molecule has 1 fully saturated rings.